The Morgan fingerprint density at radius 1 is 1.42 bits per heavy atom. The smallest absolute Gasteiger partial charge is 0.295 e. The van der Waals surface area contributed by atoms with Crippen molar-refractivity contribution in [2.75, 3.05) is 11.9 Å². The van der Waals surface area contributed by atoms with Crippen molar-refractivity contribution in [3.63, 3.8) is 0 Å². The number of thiophene rings is 1. The summed E-state index contributed by atoms with van der Waals surface area (Å²) in [7, 11) is 0. The highest BCUT2D eigenvalue weighted by Gasteiger charge is 2.33. The van der Waals surface area contributed by atoms with Gasteiger partial charge in [-0.05, 0) is 23.8 Å². The van der Waals surface area contributed by atoms with Gasteiger partial charge in [0.15, 0.2) is 5.76 Å². The molecule has 3 N–H and O–H groups in total. The summed E-state index contributed by atoms with van der Waals surface area (Å²) in [6, 6.07) is 0.696. The maximum Gasteiger partial charge on any atom is 0.295 e. The molecule has 0 bridgehead atoms. The highest BCUT2D eigenvalue weighted by atomic mass is 32.1. The Kier molecular flexibility index (Phi) is 5.36. The molecule has 9 heteroatoms. The van der Waals surface area contributed by atoms with E-state index in [1.54, 1.807) is 17.5 Å². The molecule has 138 valence electrons. The number of nitrogens with zero attached hydrogens (tertiary/aromatic N) is 1. The van der Waals surface area contributed by atoms with Gasteiger partial charge in [0.25, 0.3) is 11.9 Å². The molecule has 1 saturated heterocycles. The number of rotatable bonds is 6. The van der Waals surface area contributed by atoms with E-state index in [4.69, 9.17) is 4.42 Å². The predicted octanol–water partition coefficient (Wildman–Crippen LogP) is 1.41. The van der Waals surface area contributed by atoms with E-state index < -0.39 is 23.8 Å². The van der Waals surface area contributed by atoms with Gasteiger partial charge in [-0.3, -0.25) is 14.4 Å². The average Bonchev–Trinajstić information content (AvgIpc) is 3.27. The fourth-order valence-corrected chi connectivity index (χ4v) is 3.30. The second-order valence-corrected chi connectivity index (χ2v) is 7.16. The Morgan fingerprint density at radius 2 is 2.23 bits per heavy atom. The van der Waals surface area contributed by atoms with E-state index in [0.717, 1.165) is 5.56 Å². The van der Waals surface area contributed by atoms with Crippen LogP contribution in [0.5, 0.6) is 0 Å². The Hall–Kier alpha value is -2.68. The first-order valence-corrected chi connectivity index (χ1v) is 9.27. The Balaban J connectivity index is 1.68. The molecule has 0 aromatic carbocycles. The molecular formula is C17H20N4O4S. The van der Waals surface area contributed by atoms with Crippen LogP contribution >= 0.6 is 11.3 Å². The summed E-state index contributed by atoms with van der Waals surface area (Å²) >= 11 is 1.55. The third-order valence-corrected chi connectivity index (χ3v) is 4.80. The quantitative estimate of drug-likeness (QED) is 0.657. The first kappa shape index (κ1) is 18.1. The molecule has 0 spiro atoms. The van der Waals surface area contributed by atoms with E-state index in [1.165, 1.54) is 0 Å². The minimum absolute atomic E-state index is 0.0842. The largest absolute Gasteiger partial charge is 0.424 e. The highest BCUT2D eigenvalue weighted by molar-refractivity contribution is 7.08. The third kappa shape index (κ3) is 3.93. The van der Waals surface area contributed by atoms with Gasteiger partial charge in [0.2, 0.25) is 11.7 Å². The zero-order chi connectivity index (χ0) is 18.7. The number of ketones is 1. The van der Waals surface area contributed by atoms with Crippen molar-refractivity contribution < 1.29 is 18.8 Å². The minimum Gasteiger partial charge on any atom is -0.424 e. The molecule has 0 saturated carbocycles. The molecule has 26 heavy (non-hydrogen) atoms. The second kappa shape index (κ2) is 7.69. The molecule has 2 aromatic heterocycles. The summed E-state index contributed by atoms with van der Waals surface area (Å²) in [5, 5.41) is 12.0. The number of anilines is 1. The third-order valence-electron chi connectivity index (χ3n) is 4.11. The number of amides is 2. The van der Waals surface area contributed by atoms with Gasteiger partial charge >= 0.3 is 0 Å². The number of hydrogen-bond donors (Lipinski definition) is 3. The zero-order valence-electron chi connectivity index (χ0n) is 14.4. The molecule has 2 unspecified atom stereocenters. The van der Waals surface area contributed by atoms with Crippen LogP contribution in [0.4, 0.5) is 6.01 Å². The fraction of sp³-hybridized carbons (Fsp3) is 0.412. The maximum absolute atomic E-state index is 12.6. The Bertz CT molecular complexity index is 800. The van der Waals surface area contributed by atoms with Crippen molar-refractivity contribution >= 4 is 34.9 Å². The maximum atomic E-state index is 12.6. The van der Waals surface area contributed by atoms with Crippen molar-refractivity contribution in [3.8, 4) is 11.3 Å². The van der Waals surface area contributed by atoms with Crippen LogP contribution in [0.15, 0.2) is 27.4 Å². The summed E-state index contributed by atoms with van der Waals surface area (Å²) in [6.45, 7) is 4.10. The van der Waals surface area contributed by atoms with Gasteiger partial charge in [0.1, 0.15) is 6.04 Å². The summed E-state index contributed by atoms with van der Waals surface area (Å²) in [5.74, 6) is -1.13. The second-order valence-electron chi connectivity index (χ2n) is 6.38. The lowest BCUT2D eigenvalue weighted by Crippen LogP contribution is -2.56. The van der Waals surface area contributed by atoms with Gasteiger partial charge in [-0.25, -0.2) is 4.98 Å². The minimum atomic E-state index is -0.801. The summed E-state index contributed by atoms with van der Waals surface area (Å²) in [5.41, 5.74) is 0.917. The van der Waals surface area contributed by atoms with Gasteiger partial charge < -0.3 is 20.4 Å². The van der Waals surface area contributed by atoms with Gasteiger partial charge in [-0.1, -0.05) is 13.8 Å². The van der Waals surface area contributed by atoms with E-state index in [-0.39, 0.29) is 17.8 Å². The van der Waals surface area contributed by atoms with Crippen LogP contribution in [0.1, 0.15) is 20.3 Å². The Morgan fingerprint density at radius 3 is 2.92 bits per heavy atom. The molecular weight excluding hydrogens is 356 g/mol. The molecule has 1 aliphatic heterocycles. The van der Waals surface area contributed by atoms with Gasteiger partial charge in [-0.15, -0.1) is 0 Å². The van der Waals surface area contributed by atoms with Crippen LogP contribution in [-0.4, -0.2) is 41.2 Å². The zero-order valence-corrected chi connectivity index (χ0v) is 15.3. The van der Waals surface area contributed by atoms with Crippen LogP contribution in [0.2, 0.25) is 0 Å². The van der Waals surface area contributed by atoms with Gasteiger partial charge in [-0.2, -0.15) is 11.3 Å². The Labute approximate surface area is 154 Å². The van der Waals surface area contributed by atoms with E-state index in [0.29, 0.717) is 18.7 Å². The number of nitrogens with one attached hydrogen (secondary N) is 3. The standard InChI is InChI=1S/C17H20N4O4S/c1-9(2)13(15(23)20-11-3-5-18-16(24)14(11)22)21-17-19-7-12(25-17)10-4-6-26-8-10/h4,6-9,11,13H,3,5H2,1-2H3,(H,18,24)(H,19,21)(H,20,23). The van der Waals surface area contributed by atoms with Crippen molar-refractivity contribution in [2.24, 2.45) is 5.92 Å². The summed E-state index contributed by atoms with van der Waals surface area (Å²) in [6.07, 6.45) is 1.97. The number of aromatic nitrogens is 1. The highest BCUT2D eigenvalue weighted by Crippen LogP contribution is 2.25. The lowest BCUT2D eigenvalue weighted by atomic mass is 10.0. The first-order chi connectivity index (χ1) is 12.5. The molecule has 2 amide bonds. The first-order valence-electron chi connectivity index (χ1n) is 8.33. The van der Waals surface area contributed by atoms with Gasteiger partial charge in [0.05, 0.1) is 12.2 Å². The van der Waals surface area contributed by atoms with Gasteiger partial charge in [0, 0.05) is 17.5 Å². The van der Waals surface area contributed by atoms with E-state index in [2.05, 4.69) is 20.9 Å². The molecule has 8 nitrogen and oxygen atoms in total. The summed E-state index contributed by atoms with van der Waals surface area (Å²) in [4.78, 5) is 40.1. The van der Waals surface area contributed by atoms with Crippen LogP contribution < -0.4 is 16.0 Å². The van der Waals surface area contributed by atoms with Crippen molar-refractivity contribution in [2.45, 2.75) is 32.4 Å². The molecule has 1 fully saturated rings. The topological polar surface area (TPSA) is 113 Å². The molecule has 1 aliphatic rings. The number of piperidine rings is 1. The summed E-state index contributed by atoms with van der Waals surface area (Å²) < 4.78 is 5.66. The van der Waals surface area contributed by atoms with Crippen molar-refractivity contribution in [1.29, 1.82) is 0 Å². The number of Topliss-reactive ketones (excluding diaryl/α,β-unsaturated/α-hetero) is 1. The van der Waals surface area contributed by atoms with E-state index in [1.807, 2.05) is 30.7 Å². The monoisotopic (exact) mass is 376 g/mol. The number of oxazole rings is 1. The molecule has 2 aromatic rings. The average molecular weight is 376 g/mol. The van der Waals surface area contributed by atoms with Crippen LogP contribution in [0, 0.1) is 5.92 Å². The number of carbonyl (C=O) groups excluding carboxylic acids is 3. The fourth-order valence-electron chi connectivity index (χ4n) is 2.65. The van der Waals surface area contributed by atoms with E-state index >= 15 is 0 Å². The molecule has 0 radical (unpaired) electrons. The van der Waals surface area contributed by atoms with E-state index in [9.17, 15) is 14.4 Å². The van der Waals surface area contributed by atoms with Crippen LogP contribution in [0.25, 0.3) is 11.3 Å². The number of carbonyl (C=O) groups is 3. The van der Waals surface area contributed by atoms with Crippen LogP contribution in [0.3, 0.4) is 0 Å². The molecule has 3 rings (SSSR count). The van der Waals surface area contributed by atoms with Crippen molar-refractivity contribution in [1.82, 2.24) is 15.6 Å². The lowest BCUT2D eigenvalue weighted by Gasteiger charge is -2.26. The van der Waals surface area contributed by atoms with Crippen molar-refractivity contribution in [3.05, 3.63) is 23.0 Å². The molecule has 3 heterocycles. The molecule has 0 aliphatic carbocycles. The SMILES string of the molecule is CC(C)C(Nc1ncc(-c2ccsc2)o1)C(=O)NC1CCNC(=O)C1=O. The lowest BCUT2D eigenvalue weighted by molar-refractivity contribution is -0.141. The van der Waals surface area contributed by atoms with Crippen LogP contribution in [-0.2, 0) is 14.4 Å². The molecule has 2 atom stereocenters. The normalized spacial score (nSPS) is 18.5. The number of hydrogen-bond acceptors (Lipinski definition) is 7. The predicted molar refractivity (Wildman–Crippen MR) is 96.6 cm³/mol.